The van der Waals surface area contributed by atoms with Crippen LogP contribution in [-0.2, 0) is 4.79 Å². The van der Waals surface area contributed by atoms with Crippen molar-refractivity contribution in [2.75, 3.05) is 23.0 Å². The van der Waals surface area contributed by atoms with E-state index < -0.39 is 12.6 Å². The predicted octanol–water partition coefficient (Wildman–Crippen LogP) is 4.52. The van der Waals surface area contributed by atoms with Crippen LogP contribution in [0.25, 0.3) is 5.69 Å². The van der Waals surface area contributed by atoms with Crippen molar-refractivity contribution in [3.05, 3.63) is 48.5 Å². The van der Waals surface area contributed by atoms with E-state index in [1.165, 1.54) is 9.58 Å². The van der Waals surface area contributed by atoms with Crippen molar-refractivity contribution < 1.29 is 18.0 Å². The maximum atomic E-state index is 12.5. The van der Waals surface area contributed by atoms with E-state index in [0.717, 1.165) is 11.8 Å². The zero-order valence-corrected chi connectivity index (χ0v) is 15.9. The number of anilines is 1. The highest BCUT2D eigenvalue weighted by molar-refractivity contribution is 7.99. The van der Waals surface area contributed by atoms with Gasteiger partial charge in [0.05, 0.1) is 24.5 Å². The molecule has 146 valence electrons. The lowest BCUT2D eigenvalue weighted by atomic mass is 10.3. The Hall–Kier alpha value is -2.00. The number of rotatable bonds is 9. The lowest BCUT2D eigenvalue weighted by Gasteiger charge is -2.19. The van der Waals surface area contributed by atoms with Gasteiger partial charge in [0, 0.05) is 30.7 Å². The van der Waals surface area contributed by atoms with Crippen molar-refractivity contribution in [3.8, 4) is 5.69 Å². The standard InChI is InChI=1S/C17H18ClF3N4OS/c1-2-8-24(15(26)5-9-27-10-6-17(19,20)21)14-12-25(23-16(14)18)13-4-3-7-22-11-13/h2-4,7,11-12H,1,5-6,8-10H2. The quantitative estimate of drug-likeness (QED) is 0.444. The average Bonchev–Trinajstić information content (AvgIpc) is 3.00. The predicted molar refractivity (Wildman–Crippen MR) is 102 cm³/mol. The number of halogens is 4. The molecule has 5 nitrogen and oxygen atoms in total. The van der Waals surface area contributed by atoms with Gasteiger partial charge in [-0.2, -0.15) is 30.0 Å². The summed E-state index contributed by atoms with van der Waals surface area (Å²) in [6.45, 7) is 3.85. The average molecular weight is 419 g/mol. The molecule has 0 atom stereocenters. The van der Waals surface area contributed by atoms with Crippen molar-refractivity contribution in [2.24, 2.45) is 0 Å². The SMILES string of the molecule is C=CCN(C(=O)CCSCCC(F)(F)F)c1cn(-c2cccnc2)nc1Cl. The molecule has 0 aliphatic rings. The van der Waals surface area contributed by atoms with Crippen LogP contribution in [0.5, 0.6) is 0 Å². The first-order valence-electron chi connectivity index (χ1n) is 8.03. The highest BCUT2D eigenvalue weighted by atomic mass is 35.5. The molecule has 0 aliphatic heterocycles. The Morgan fingerprint density at radius 1 is 1.41 bits per heavy atom. The number of carbonyl (C=O) groups is 1. The highest BCUT2D eigenvalue weighted by Crippen LogP contribution is 2.27. The minimum atomic E-state index is -4.18. The molecule has 0 fully saturated rings. The van der Waals surface area contributed by atoms with Gasteiger partial charge in [0.1, 0.15) is 5.69 Å². The second-order valence-electron chi connectivity index (χ2n) is 5.48. The third kappa shape index (κ3) is 6.59. The molecule has 10 heteroatoms. The molecule has 2 aromatic rings. The summed E-state index contributed by atoms with van der Waals surface area (Å²) in [5.74, 6) is -0.0449. The van der Waals surface area contributed by atoms with Crippen molar-refractivity contribution in [2.45, 2.75) is 19.0 Å². The number of pyridine rings is 1. The zero-order chi connectivity index (χ0) is 19.9. The number of hydrogen-bond donors (Lipinski definition) is 0. The number of amides is 1. The molecular weight excluding hydrogens is 401 g/mol. The molecule has 2 rings (SSSR count). The summed E-state index contributed by atoms with van der Waals surface area (Å²) in [5.41, 5.74) is 1.09. The van der Waals surface area contributed by atoms with Gasteiger partial charge in [-0.15, -0.1) is 6.58 Å². The van der Waals surface area contributed by atoms with Crippen LogP contribution in [0, 0.1) is 0 Å². The molecule has 2 aromatic heterocycles. The second-order valence-corrected chi connectivity index (χ2v) is 7.06. The Morgan fingerprint density at radius 3 is 2.81 bits per heavy atom. The Morgan fingerprint density at radius 2 is 2.19 bits per heavy atom. The highest BCUT2D eigenvalue weighted by Gasteiger charge is 2.26. The number of thioether (sulfide) groups is 1. The summed E-state index contributed by atoms with van der Waals surface area (Å²) in [4.78, 5) is 18.0. The van der Waals surface area contributed by atoms with Crippen molar-refractivity contribution in [1.29, 1.82) is 0 Å². The molecule has 1 amide bonds. The number of alkyl halides is 3. The summed E-state index contributed by atoms with van der Waals surface area (Å²) in [5, 5.41) is 4.32. The van der Waals surface area contributed by atoms with Gasteiger partial charge in [-0.25, -0.2) is 4.68 Å². The first-order chi connectivity index (χ1) is 12.8. The summed E-state index contributed by atoms with van der Waals surface area (Å²) < 4.78 is 38.0. The molecule has 0 bridgehead atoms. The Labute approximate surface area is 164 Å². The van der Waals surface area contributed by atoms with Crippen molar-refractivity contribution in [3.63, 3.8) is 0 Å². The summed E-state index contributed by atoms with van der Waals surface area (Å²) >= 11 is 7.28. The smallest absolute Gasteiger partial charge is 0.304 e. The van der Waals surface area contributed by atoms with Gasteiger partial charge in [0.15, 0.2) is 5.15 Å². The van der Waals surface area contributed by atoms with Gasteiger partial charge in [-0.1, -0.05) is 17.7 Å². The topological polar surface area (TPSA) is 51.0 Å². The maximum absolute atomic E-state index is 12.5. The molecule has 0 saturated carbocycles. The molecule has 0 aliphatic carbocycles. The van der Waals surface area contributed by atoms with E-state index in [1.54, 1.807) is 36.8 Å². The Balaban J connectivity index is 2.03. The van der Waals surface area contributed by atoms with E-state index >= 15 is 0 Å². The van der Waals surface area contributed by atoms with Crippen LogP contribution in [0.1, 0.15) is 12.8 Å². The van der Waals surface area contributed by atoms with Gasteiger partial charge in [0.2, 0.25) is 5.91 Å². The minimum Gasteiger partial charge on any atom is -0.304 e. The van der Waals surface area contributed by atoms with Crippen LogP contribution in [0.4, 0.5) is 18.9 Å². The van der Waals surface area contributed by atoms with Crippen molar-refractivity contribution in [1.82, 2.24) is 14.8 Å². The van der Waals surface area contributed by atoms with Crippen LogP contribution < -0.4 is 4.90 Å². The Bertz CT molecular complexity index is 767. The first-order valence-corrected chi connectivity index (χ1v) is 9.56. The number of nitrogens with zero attached hydrogens (tertiary/aromatic N) is 4. The first kappa shape index (κ1) is 21.3. The van der Waals surface area contributed by atoms with Crippen LogP contribution in [0.3, 0.4) is 0 Å². The normalized spacial score (nSPS) is 11.4. The fraction of sp³-hybridized carbons (Fsp3) is 0.353. The van der Waals surface area contributed by atoms with Crippen LogP contribution in [0.2, 0.25) is 5.15 Å². The number of hydrogen-bond acceptors (Lipinski definition) is 4. The molecular formula is C17H18ClF3N4OS. The molecule has 0 aromatic carbocycles. The monoisotopic (exact) mass is 418 g/mol. The lowest BCUT2D eigenvalue weighted by Crippen LogP contribution is -2.31. The van der Waals surface area contributed by atoms with Crippen LogP contribution >= 0.6 is 23.4 Å². The fourth-order valence-electron chi connectivity index (χ4n) is 2.19. The largest absolute Gasteiger partial charge is 0.389 e. The Kier molecular flexibility index (Phi) is 7.73. The third-order valence-corrected chi connectivity index (χ3v) is 4.71. The van der Waals surface area contributed by atoms with Crippen molar-refractivity contribution >= 4 is 35.0 Å². The summed E-state index contributed by atoms with van der Waals surface area (Å²) in [6.07, 6.45) is 1.42. The van der Waals surface area contributed by atoms with Crippen LogP contribution in [0.15, 0.2) is 43.4 Å². The summed E-state index contributed by atoms with van der Waals surface area (Å²) in [7, 11) is 0. The number of carbonyl (C=O) groups excluding carboxylic acids is 1. The summed E-state index contributed by atoms with van der Waals surface area (Å²) in [6, 6.07) is 3.53. The molecule has 0 unspecified atom stereocenters. The second kappa shape index (κ2) is 9.80. The lowest BCUT2D eigenvalue weighted by molar-refractivity contribution is -0.129. The van der Waals surface area contributed by atoms with Gasteiger partial charge in [-0.05, 0) is 12.1 Å². The van der Waals surface area contributed by atoms with E-state index in [0.29, 0.717) is 11.4 Å². The molecule has 0 N–H and O–H groups in total. The van der Waals surface area contributed by atoms with E-state index in [-0.39, 0.29) is 35.5 Å². The molecule has 27 heavy (non-hydrogen) atoms. The van der Waals surface area contributed by atoms with E-state index in [1.807, 2.05) is 0 Å². The maximum Gasteiger partial charge on any atom is 0.389 e. The van der Waals surface area contributed by atoms with Gasteiger partial charge >= 0.3 is 6.18 Å². The van der Waals surface area contributed by atoms with Gasteiger partial charge < -0.3 is 4.90 Å². The van der Waals surface area contributed by atoms with E-state index in [4.69, 9.17) is 11.6 Å². The number of aromatic nitrogens is 3. The van der Waals surface area contributed by atoms with Crippen LogP contribution in [-0.4, -0.2) is 44.9 Å². The van der Waals surface area contributed by atoms with E-state index in [9.17, 15) is 18.0 Å². The van der Waals surface area contributed by atoms with Gasteiger partial charge in [0.25, 0.3) is 0 Å². The zero-order valence-electron chi connectivity index (χ0n) is 14.3. The van der Waals surface area contributed by atoms with E-state index in [2.05, 4.69) is 16.7 Å². The third-order valence-electron chi connectivity index (χ3n) is 3.46. The minimum absolute atomic E-state index is 0.0715. The molecule has 0 spiro atoms. The molecule has 0 radical (unpaired) electrons. The fourth-order valence-corrected chi connectivity index (χ4v) is 3.33. The molecule has 0 saturated heterocycles. The van der Waals surface area contributed by atoms with Gasteiger partial charge in [-0.3, -0.25) is 9.78 Å². The molecule has 2 heterocycles.